The molecule has 0 atom stereocenters. The van der Waals surface area contributed by atoms with E-state index in [4.69, 9.17) is 0 Å². The molecule has 1 aromatic heterocycles. The van der Waals surface area contributed by atoms with E-state index in [-0.39, 0.29) is 5.91 Å². The molecule has 0 aliphatic carbocycles. The summed E-state index contributed by atoms with van der Waals surface area (Å²) in [6.45, 7) is 5.86. The number of aromatic nitrogens is 3. The van der Waals surface area contributed by atoms with Gasteiger partial charge in [-0.25, -0.2) is 4.98 Å². The molecule has 1 amide bonds. The number of aromatic amines is 1. The van der Waals surface area contributed by atoms with Crippen molar-refractivity contribution in [3.63, 3.8) is 0 Å². The maximum absolute atomic E-state index is 11.9. The van der Waals surface area contributed by atoms with Gasteiger partial charge in [0.25, 0.3) is 5.91 Å². The van der Waals surface area contributed by atoms with Gasteiger partial charge in [0.15, 0.2) is 0 Å². The van der Waals surface area contributed by atoms with Crippen LogP contribution in [0.5, 0.6) is 0 Å². The molecule has 2 saturated heterocycles. The third kappa shape index (κ3) is 2.03. The summed E-state index contributed by atoms with van der Waals surface area (Å²) in [6, 6.07) is 0.518. The fourth-order valence-electron chi connectivity index (χ4n) is 2.36. The molecule has 7 nitrogen and oxygen atoms in total. The molecular weight excluding hydrogens is 220 g/mol. The van der Waals surface area contributed by atoms with Gasteiger partial charge in [-0.1, -0.05) is 0 Å². The molecular formula is C10H16N6O. The fraction of sp³-hybridized carbons (Fsp3) is 0.700. The minimum atomic E-state index is -0.0473. The van der Waals surface area contributed by atoms with Gasteiger partial charge in [-0.3, -0.25) is 14.8 Å². The van der Waals surface area contributed by atoms with Crippen LogP contribution in [0.4, 0.5) is 0 Å². The Bertz CT molecular complexity index is 380. The highest BCUT2D eigenvalue weighted by Gasteiger charge is 2.36. The molecule has 0 radical (unpaired) electrons. The van der Waals surface area contributed by atoms with E-state index in [1.165, 1.54) is 6.33 Å². The van der Waals surface area contributed by atoms with Gasteiger partial charge < -0.3 is 10.2 Å². The van der Waals surface area contributed by atoms with E-state index in [1.807, 2.05) is 4.90 Å². The van der Waals surface area contributed by atoms with E-state index < -0.39 is 0 Å². The summed E-state index contributed by atoms with van der Waals surface area (Å²) in [4.78, 5) is 20.0. The van der Waals surface area contributed by atoms with Crippen LogP contribution in [0, 0.1) is 0 Å². The summed E-state index contributed by atoms with van der Waals surface area (Å²) in [7, 11) is 0. The maximum Gasteiger partial charge on any atom is 0.291 e. The minimum absolute atomic E-state index is 0.0473. The molecule has 2 aliphatic heterocycles. The first-order valence-corrected chi connectivity index (χ1v) is 5.94. The standard InChI is InChI=1S/C10H16N6O/c17-10(9-12-7-13-14-9)16-5-8(6-16)15-3-1-11-2-4-15/h7-8,11H,1-6H2,(H,12,13,14). The molecule has 92 valence electrons. The molecule has 2 N–H and O–H groups in total. The third-order valence-corrected chi connectivity index (χ3v) is 3.44. The Morgan fingerprint density at radius 3 is 2.76 bits per heavy atom. The lowest BCUT2D eigenvalue weighted by atomic mass is 10.1. The highest BCUT2D eigenvalue weighted by atomic mass is 16.2. The van der Waals surface area contributed by atoms with Gasteiger partial charge in [-0.2, -0.15) is 5.10 Å². The van der Waals surface area contributed by atoms with E-state index in [0.29, 0.717) is 11.9 Å². The van der Waals surface area contributed by atoms with Crippen LogP contribution in [0.2, 0.25) is 0 Å². The number of nitrogens with zero attached hydrogens (tertiary/aromatic N) is 4. The largest absolute Gasteiger partial charge is 0.333 e. The number of carbonyl (C=O) groups excluding carboxylic acids is 1. The molecule has 0 aromatic carbocycles. The average Bonchev–Trinajstić information content (AvgIpc) is 2.81. The van der Waals surface area contributed by atoms with Crippen LogP contribution in [0.25, 0.3) is 0 Å². The monoisotopic (exact) mass is 236 g/mol. The lowest BCUT2D eigenvalue weighted by Crippen LogP contribution is -2.64. The highest BCUT2D eigenvalue weighted by Crippen LogP contribution is 2.16. The number of rotatable bonds is 2. The molecule has 17 heavy (non-hydrogen) atoms. The zero-order chi connectivity index (χ0) is 11.7. The van der Waals surface area contributed by atoms with Crippen molar-refractivity contribution in [3.05, 3.63) is 12.2 Å². The van der Waals surface area contributed by atoms with Crippen LogP contribution in [-0.4, -0.2) is 76.2 Å². The van der Waals surface area contributed by atoms with Crippen molar-refractivity contribution in [2.45, 2.75) is 6.04 Å². The number of amides is 1. The van der Waals surface area contributed by atoms with Gasteiger partial charge in [-0.05, 0) is 0 Å². The zero-order valence-electron chi connectivity index (χ0n) is 9.59. The predicted octanol–water partition coefficient (Wildman–Crippen LogP) is -1.47. The lowest BCUT2D eigenvalue weighted by Gasteiger charge is -2.46. The molecule has 0 bridgehead atoms. The van der Waals surface area contributed by atoms with Crippen molar-refractivity contribution in [2.24, 2.45) is 0 Å². The third-order valence-electron chi connectivity index (χ3n) is 3.44. The van der Waals surface area contributed by atoms with Crippen molar-refractivity contribution in [1.82, 2.24) is 30.3 Å². The van der Waals surface area contributed by atoms with Crippen LogP contribution < -0.4 is 5.32 Å². The summed E-state index contributed by atoms with van der Waals surface area (Å²) < 4.78 is 0. The quantitative estimate of drug-likeness (QED) is 0.656. The lowest BCUT2D eigenvalue weighted by molar-refractivity contribution is 0.0218. The van der Waals surface area contributed by atoms with Crippen LogP contribution >= 0.6 is 0 Å². The Hall–Kier alpha value is -1.47. The van der Waals surface area contributed by atoms with Crippen molar-refractivity contribution in [2.75, 3.05) is 39.3 Å². The topological polar surface area (TPSA) is 77.2 Å². The first-order valence-electron chi connectivity index (χ1n) is 5.94. The Kier molecular flexibility index (Phi) is 2.77. The Morgan fingerprint density at radius 2 is 2.12 bits per heavy atom. The van der Waals surface area contributed by atoms with Crippen molar-refractivity contribution >= 4 is 5.91 Å². The summed E-state index contributed by atoms with van der Waals surface area (Å²) in [6.07, 6.45) is 1.36. The number of nitrogens with one attached hydrogen (secondary N) is 2. The molecule has 0 spiro atoms. The van der Waals surface area contributed by atoms with Gasteiger partial charge in [0.1, 0.15) is 6.33 Å². The van der Waals surface area contributed by atoms with E-state index >= 15 is 0 Å². The van der Waals surface area contributed by atoms with Gasteiger partial charge in [0, 0.05) is 45.3 Å². The summed E-state index contributed by atoms with van der Waals surface area (Å²) >= 11 is 0. The fourth-order valence-corrected chi connectivity index (χ4v) is 2.36. The van der Waals surface area contributed by atoms with Crippen LogP contribution in [-0.2, 0) is 0 Å². The molecule has 7 heteroatoms. The smallest absolute Gasteiger partial charge is 0.291 e. The maximum atomic E-state index is 11.9. The molecule has 3 rings (SSSR count). The van der Waals surface area contributed by atoms with Gasteiger partial charge in [0.05, 0.1) is 0 Å². The molecule has 0 unspecified atom stereocenters. The summed E-state index contributed by atoms with van der Waals surface area (Å²) in [5.41, 5.74) is 0. The molecule has 1 aromatic rings. The number of hydrogen-bond acceptors (Lipinski definition) is 5. The molecule has 2 aliphatic rings. The molecule has 3 heterocycles. The van der Waals surface area contributed by atoms with Crippen LogP contribution in [0.3, 0.4) is 0 Å². The number of hydrogen-bond donors (Lipinski definition) is 2. The number of likely N-dealkylation sites (tertiary alicyclic amines) is 1. The van der Waals surface area contributed by atoms with E-state index in [1.54, 1.807) is 0 Å². The first-order chi connectivity index (χ1) is 8.34. The summed E-state index contributed by atoms with van der Waals surface area (Å²) in [5, 5.41) is 9.62. The normalized spacial score (nSPS) is 22.5. The zero-order valence-corrected chi connectivity index (χ0v) is 9.59. The van der Waals surface area contributed by atoms with Crippen molar-refractivity contribution in [1.29, 1.82) is 0 Å². The molecule has 2 fully saturated rings. The van der Waals surface area contributed by atoms with Gasteiger partial charge >= 0.3 is 0 Å². The van der Waals surface area contributed by atoms with Crippen LogP contribution in [0.15, 0.2) is 6.33 Å². The number of piperazine rings is 1. The van der Waals surface area contributed by atoms with E-state index in [2.05, 4.69) is 25.4 Å². The second-order valence-electron chi connectivity index (χ2n) is 4.48. The SMILES string of the molecule is O=C(c1ncn[nH]1)N1CC(N2CCNCC2)C1. The van der Waals surface area contributed by atoms with Crippen LogP contribution in [0.1, 0.15) is 10.6 Å². The van der Waals surface area contributed by atoms with Crippen molar-refractivity contribution in [3.8, 4) is 0 Å². The van der Waals surface area contributed by atoms with E-state index in [0.717, 1.165) is 39.3 Å². The van der Waals surface area contributed by atoms with E-state index in [9.17, 15) is 4.79 Å². The summed E-state index contributed by atoms with van der Waals surface area (Å²) in [5.74, 6) is 0.289. The number of carbonyl (C=O) groups is 1. The minimum Gasteiger partial charge on any atom is -0.333 e. The van der Waals surface area contributed by atoms with Gasteiger partial charge in [0.2, 0.25) is 5.82 Å². The Balaban J connectivity index is 1.52. The Morgan fingerprint density at radius 1 is 1.35 bits per heavy atom. The second kappa shape index (κ2) is 4.42. The predicted molar refractivity (Wildman–Crippen MR) is 60.5 cm³/mol. The Labute approximate surface area is 99.2 Å². The van der Waals surface area contributed by atoms with Crippen molar-refractivity contribution < 1.29 is 4.79 Å². The second-order valence-corrected chi connectivity index (χ2v) is 4.48. The first kappa shape index (κ1) is 10.7. The number of H-pyrrole nitrogens is 1. The average molecular weight is 236 g/mol. The van der Waals surface area contributed by atoms with Gasteiger partial charge in [-0.15, -0.1) is 0 Å². The molecule has 0 saturated carbocycles. The highest BCUT2D eigenvalue weighted by molar-refractivity contribution is 5.90.